The lowest BCUT2D eigenvalue weighted by molar-refractivity contribution is 0.0727. The van der Waals surface area contributed by atoms with Crippen LogP contribution < -0.4 is 4.74 Å². The highest BCUT2D eigenvalue weighted by atomic mass is 35.5. The lowest BCUT2D eigenvalue weighted by Gasteiger charge is -2.07. The Kier molecular flexibility index (Phi) is 6.38. The molecule has 132 valence electrons. The standard InChI is InChI=1S/C18H11Cl3N2O2S/c19-12-3-1-11(2-4-12)10-26-18-22-9-15(21)16(23-18)17(24)25-14-7-5-13(20)6-8-14/h1-9H,10H2. The van der Waals surface area contributed by atoms with E-state index < -0.39 is 5.97 Å². The van der Waals surface area contributed by atoms with Crippen LogP contribution in [0.25, 0.3) is 0 Å². The van der Waals surface area contributed by atoms with Gasteiger partial charge in [-0.3, -0.25) is 0 Å². The molecule has 0 saturated carbocycles. The number of thioether (sulfide) groups is 1. The van der Waals surface area contributed by atoms with Gasteiger partial charge in [0.2, 0.25) is 0 Å². The molecule has 0 amide bonds. The minimum Gasteiger partial charge on any atom is -0.422 e. The van der Waals surface area contributed by atoms with Crippen LogP contribution in [0.3, 0.4) is 0 Å². The molecule has 8 heteroatoms. The van der Waals surface area contributed by atoms with Crippen molar-refractivity contribution in [2.45, 2.75) is 10.9 Å². The third-order valence-electron chi connectivity index (χ3n) is 3.22. The number of carbonyl (C=O) groups excluding carboxylic acids is 1. The maximum atomic E-state index is 12.3. The van der Waals surface area contributed by atoms with Gasteiger partial charge in [-0.25, -0.2) is 14.8 Å². The summed E-state index contributed by atoms with van der Waals surface area (Å²) in [6.07, 6.45) is 1.39. The Morgan fingerprint density at radius 2 is 1.58 bits per heavy atom. The topological polar surface area (TPSA) is 52.1 Å². The summed E-state index contributed by atoms with van der Waals surface area (Å²) in [5.41, 5.74) is 1.07. The zero-order valence-corrected chi connectivity index (χ0v) is 16.2. The van der Waals surface area contributed by atoms with E-state index in [-0.39, 0.29) is 10.7 Å². The Bertz CT molecular complexity index is 919. The first-order chi connectivity index (χ1) is 12.5. The van der Waals surface area contributed by atoms with Gasteiger partial charge in [-0.1, -0.05) is 58.7 Å². The number of nitrogens with zero attached hydrogens (tertiary/aromatic N) is 2. The number of hydrogen-bond donors (Lipinski definition) is 0. The average Bonchev–Trinajstić information content (AvgIpc) is 2.64. The highest BCUT2D eigenvalue weighted by Crippen LogP contribution is 2.24. The molecule has 2 aromatic carbocycles. The molecule has 0 unspecified atom stereocenters. The second-order valence-corrected chi connectivity index (χ2v) is 7.33. The zero-order valence-electron chi connectivity index (χ0n) is 13.2. The Hall–Kier alpha value is -1.79. The lowest BCUT2D eigenvalue weighted by Crippen LogP contribution is -2.12. The molecule has 0 spiro atoms. The van der Waals surface area contributed by atoms with E-state index in [1.165, 1.54) is 18.0 Å². The summed E-state index contributed by atoms with van der Waals surface area (Å²) in [6, 6.07) is 13.9. The SMILES string of the molecule is O=C(Oc1ccc(Cl)cc1)c1nc(SCc2ccc(Cl)cc2)ncc1Cl. The quantitative estimate of drug-likeness (QED) is 0.219. The van der Waals surface area contributed by atoms with Gasteiger partial charge in [-0.15, -0.1) is 0 Å². The van der Waals surface area contributed by atoms with Crippen LogP contribution in [0.2, 0.25) is 15.1 Å². The van der Waals surface area contributed by atoms with Gasteiger partial charge < -0.3 is 4.74 Å². The Balaban J connectivity index is 1.71. The van der Waals surface area contributed by atoms with E-state index in [0.29, 0.717) is 26.7 Å². The van der Waals surface area contributed by atoms with Crippen LogP contribution in [0.15, 0.2) is 59.9 Å². The van der Waals surface area contributed by atoms with Crippen molar-refractivity contribution in [3.63, 3.8) is 0 Å². The number of benzene rings is 2. The molecule has 0 aliphatic rings. The largest absolute Gasteiger partial charge is 0.422 e. The number of halogens is 3. The number of carbonyl (C=O) groups is 1. The molecule has 0 aliphatic heterocycles. The molecule has 0 atom stereocenters. The number of rotatable bonds is 5. The summed E-state index contributed by atoms with van der Waals surface area (Å²) >= 11 is 19.1. The van der Waals surface area contributed by atoms with Gasteiger partial charge in [0.25, 0.3) is 0 Å². The second kappa shape index (κ2) is 8.73. The normalized spacial score (nSPS) is 10.6. The van der Waals surface area contributed by atoms with Crippen molar-refractivity contribution in [2.24, 2.45) is 0 Å². The van der Waals surface area contributed by atoms with Crippen molar-refractivity contribution in [2.75, 3.05) is 0 Å². The van der Waals surface area contributed by atoms with Crippen molar-refractivity contribution in [3.8, 4) is 5.75 Å². The maximum Gasteiger partial charge on any atom is 0.364 e. The zero-order chi connectivity index (χ0) is 18.5. The molecule has 0 saturated heterocycles. The molecule has 1 heterocycles. The number of hydrogen-bond acceptors (Lipinski definition) is 5. The smallest absolute Gasteiger partial charge is 0.364 e. The van der Waals surface area contributed by atoms with Gasteiger partial charge in [0.1, 0.15) is 5.75 Å². The van der Waals surface area contributed by atoms with E-state index in [2.05, 4.69) is 9.97 Å². The van der Waals surface area contributed by atoms with Gasteiger partial charge in [-0.2, -0.15) is 0 Å². The highest BCUT2D eigenvalue weighted by molar-refractivity contribution is 7.98. The summed E-state index contributed by atoms with van der Waals surface area (Å²) < 4.78 is 5.27. The number of ether oxygens (including phenoxy) is 1. The van der Waals surface area contributed by atoms with Gasteiger partial charge in [0, 0.05) is 15.8 Å². The first kappa shape index (κ1) is 19.0. The molecule has 26 heavy (non-hydrogen) atoms. The molecule has 3 aromatic rings. The summed E-state index contributed by atoms with van der Waals surface area (Å²) in [5.74, 6) is 0.322. The minimum absolute atomic E-state index is 0.00947. The summed E-state index contributed by atoms with van der Waals surface area (Å²) in [5, 5.41) is 1.77. The maximum absolute atomic E-state index is 12.3. The van der Waals surface area contributed by atoms with Crippen LogP contribution in [-0.4, -0.2) is 15.9 Å². The van der Waals surface area contributed by atoms with Gasteiger partial charge >= 0.3 is 5.97 Å². The van der Waals surface area contributed by atoms with Crippen LogP contribution in [0, 0.1) is 0 Å². The lowest BCUT2D eigenvalue weighted by atomic mass is 10.2. The van der Waals surface area contributed by atoms with E-state index in [9.17, 15) is 4.79 Å². The van der Waals surface area contributed by atoms with Crippen molar-refractivity contribution >= 4 is 52.5 Å². The van der Waals surface area contributed by atoms with Crippen molar-refractivity contribution in [1.29, 1.82) is 0 Å². The monoisotopic (exact) mass is 424 g/mol. The van der Waals surface area contributed by atoms with Gasteiger partial charge in [-0.05, 0) is 42.0 Å². The molecule has 1 aromatic heterocycles. The Morgan fingerprint density at radius 1 is 0.962 bits per heavy atom. The van der Waals surface area contributed by atoms with Crippen molar-refractivity contribution < 1.29 is 9.53 Å². The van der Waals surface area contributed by atoms with Crippen LogP contribution in [-0.2, 0) is 5.75 Å². The van der Waals surface area contributed by atoms with E-state index in [0.717, 1.165) is 5.56 Å². The molecular formula is C18H11Cl3N2O2S. The fraction of sp³-hybridized carbons (Fsp3) is 0.0556. The highest BCUT2D eigenvalue weighted by Gasteiger charge is 2.17. The average molecular weight is 426 g/mol. The fourth-order valence-electron chi connectivity index (χ4n) is 1.95. The summed E-state index contributed by atoms with van der Waals surface area (Å²) in [6.45, 7) is 0. The number of aromatic nitrogens is 2. The second-order valence-electron chi connectivity index (χ2n) is 5.11. The summed E-state index contributed by atoms with van der Waals surface area (Å²) in [7, 11) is 0. The van der Waals surface area contributed by atoms with Crippen LogP contribution >= 0.6 is 46.6 Å². The van der Waals surface area contributed by atoms with Crippen LogP contribution in [0.1, 0.15) is 16.1 Å². The first-order valence-corrected chi connectivity index (χ1v) is 9.51. The first-order valence-electron chi connectivity index (χ1n) is 7.39. The third kappa shape index (κ3) is 5.11. The molecule has 0 aliphatic carbocycles. The van der Waals surface area contributed by atoms with Crippen LogP contribution in [0.5, 0.6) is 5.75 Å². The predicted molar refractivity (Wildman–Crippen MR) is 104 cm³/mol. The fourth-order valence-corrected chi connectivity index (χ4v) is 3.14. The van der Waals surface area contributed by atoms with Gasteiger partial charge in [0.15, 0.2) is 10.9 Å². The molecular weight excluding hydrogens is 415 g/mol. The molecule has 4 nitrogen and oxygen atoms in total. The van der Waals surface area contributed by atoms with Crippen molar-refractivity contribution in [3.05, 3.63) is 81.1 Å². The van der Waals surface area contributed by atoms with Crippen LogP contribution in [0.4, 0.5) is 0 Å². The molecule has 0 bridgehead atoms. The molecule has 0 fully saturated rings. The van der Waals surface area contributed by atoms with E-state index >= 15 is 0 Å². The summed E-state index contributed by atoms with van der Waals surface area (Å²) in [4.78, 5) is 20.7. The third-order valence-corrected chi connectivity index (χ3v) is 4.93. The van der Waals surface area contributed by atoms with E-state index in [1.54, 1.807) is 24.3 Å². The van der Waals surface area contributed by atoms with E-state index in [4.69, 9.17) is 39.5 Å². The molecule has 3 rings (SSSR count). The van der Waals surface area contributed by atoms with Gasteiger partial charge in [0.05, 0.1) is 11.2 Å². The Morgan fingerprint density at radius 3 is 2.23 bits per heavy atom. The van der Waals surface area contributed by atoms with E-state index in [1.807, 2.05) is 24.3 Å². The minimum atomic E-state index is -0.659. The molecule has 0 N–H and O–H groups in total. The Labute approximate surface area is 169 Å². The molecule has 0 radical (unpaired) electrons. The predicted octanol–water partition coefficient (Wildman–Crippen LogP) is 5.95. The number of esters is 1. The van der Waals surface area contributed by atoms with Crippen molar-refractivity contribution in [1.82, 2.24) is 9.97 Å².